The van der Waals surface area contributed by atoms with Crippen molar-refractivity contribution in [2.45, 2.75) is 71.6 Å². The Balaban J connectivity index is 3.78. The first kappa shape index (κ1) is 23.6. The fourth-order valence-corrected chi connectivity index (χ4v) is 8.17. The lowest BCUT2D eigenvalue weighted by Gasteiger charge is -2.04. The minimum Gasteiger partial charge on any atom is -0.246 e. The van der Waals surface area contributed by atoms with Crippen molar-refractivity contribution in [3.8, 4) is 0 Å². The highest BCUT2D eigenvalue weighted by molar-refractivity contribution is 8.61. The molecule has 0 aliphatic carbocycles. The molecule has 0 saturated carbocycles. The molecule has 0 amide bonds. The number of unbranched alkanes of at least 4 members (excludes halogenated alkanes) is 6. The van der Waals surface area contributed by atoms with Crippen LogP contribution in [0.1, 0.15) is 71.6 Å². The van der Waals surface area contributed by atoms with Gasteiger partial charge >= 0.3 is 0 Å². The van der Waals surface area contributed by atoms with E-state index in [0.717, 1.165) is 51.4 Å². The van der Waals surface area contributed by atoms with Crippen LogP contribution in [0.5, 0.6) is 0 Å². The Morgan fingerprint density at radius 1 is 0.435 bits per heavy atom. The Morgan fingerprint density at radius 3 is 1.04 bits per heavy atom. The quantitative estimate of drug-likeness (QED) is 0.292. The summed E-state index contributed by atoms with van der Waals surface area (Å²) >= 11 is 0. The summed E-state index contributed by atoms with van der Waals surface area (Å²) in [5.74, 6) is 1.55. The van der Waals surface area contributed by atoms with Gasteiger partial charge in [-0.05, 0) is 19.3 Å². The SMILES string of the molecule is CCCCCCS(=O)S(=O)CCCS(=O)S(=O)CCCCCC. The summed E-state index contributed by atoms with van der Waals surface area (Å²) in [5.41, 5.74) is 0. The normalized spacial score (nSPS) is 16.8. The molecule has 0 aromatic heterocycles. The maximum absolute atomic E-state index is 11.8. The lowest BCUT2D eigenvalue weighted by atomic mass is 10.2. The number of hydrogen-bond acceptors (Lipinski definition) is 4. The van der Waals surface area contributed by atoms with E-state index >= 15 is 0 Å². The fourth-order valence-electron chi connectivity index (χ4n) is 1.96. The van der Waals surface area contributed by atoms with Crippen LogP contribution in [0.15, 0.2) is 0 Å². The van der Waals surface area contributed by atoms with Crippen LogP contribution in [0.2, 0.25) is 0 Å². The first-order valence-corrected chi connectivity index (χ1v) is 14.9. The fraction of sp³-hybridized carbons (Fsp3) is 1.00. The predicted octanol–water partition coefficient (Wildman–Crippen LogP) is 3.36. The first-order chi connectivity index (χ1) is 11.0. The minimum atomic E-state index is -1.37. The summed E-state index contributed by atoms with van der Waals surface area (Å²) < 4.78 is 47.3. The Labute approximate surface area is 150 Å². The van der Waals surface area contributed by atoms with Crippen molar-refractivity contribution in [3.05, 3.63) is 0 Å². The van der Waals surface area contributed by atoms with Gasteiger partial charge in [0.25, 0.3) is 0 Å². The Hall–Kier alpha value is 0.600. The molecular weight excluding hydrogens is 372 g/mol. The molecular formula is C15H32O4S4. The lowest BCUT2D eigenvalue weighted by molar-refractivity contribution is 0.665. The summed E-state index contributed by atoms with van der Waals surface area (Å²) in [6.07, 6.45) is 8.69. The third-order valence-electron chi connectivity index (χ3n) is 3.37. The van der Waals surface area contributed by atoms with Crippen molar-refractivity contribution < 1.29 is 16.8 Å². The van der Waals surface area contributed by atoms with Gasteiger partial charge in [0.2, 0.25) is 0 Å². The predicted molar refractivity (Wildman–Crippen MR) is 105 cm³/mol. The molecule has 0 saturated heterocycles. The number of rotatable bonds is 16. The van der Waals surface area contributed by atoms with E-state index in [2.05, 4.69) is 13.8 Å². The molecule has 8 heteroatoms. The Bertz CT molecular complexity index is 363. The largest absolute Gasteiger partial charge is 0.246 e. The van der Waals surface area contributed by atoms with Gasteiger partial charge in [0, 0.05) is 23.0 Å². The summed E-state index contributed by atoms with van der Waals surface area (Å²) in [7, 11) is -5.35. The summed E-state index contributed by atoms with van der Waals surface area (Å²) in [4.78, 5) is 0. The molecule has 4 unspecified atom stereocenters. The van der Waals surface area contributed by atoms with Crippen LogP contribution in [0.3, 0.4) is 0 Å². The van der Waals surface area contributed by atoms with E-state index in [4.69, 9.17) is 0 Å². The maximum atomic E-state index is 11.8. The van der Waals surface area contributed by atoms with Crippen LogP contribution < -0.4 is 0 Å². The molecule has 0 aromatic carbocycles. The molecule has 0 aliphatic heterocycles. The van der Waals surface area contributed by atoms with E-state index < -0.39 is 39.3 Å². The molecule has 23 heavy (non-hydrogen) atoms. The van der Waals surface area contributed by atoms with Gasteiger partial charge in [0.05, 0.1) is 0 Å². The van der Waals surface area contributed by atoms with E-state index in [-0.39, 0.29) is 0 Å². The van der Waals surface area contributed by atoms with E-state index in [1.807, 2.05) is 0 Å². The standard InChI is InChI=1S/C15H32O4S4/c1-3-5-7-9-12-20(16)22(18)14-11-15-23(19)21(17)13-10-8-6-4-2/h3-15H2,1-2H3. The molecule has 0 spiro atoms. The van der Waals surface area contributed by atoms with Gasteiger partial charge in [-0.2, -0.15) is 0 Å². The molecule has 0 aliphatic rings. The van der Waals surface area contributed by atoms with Crippen LogP contribution in [0.25, 0.3) is 0 Å². The lowest BCUT2D eigenvalue weighted by Crippen LogP contribution is -2.13. The number of hydrogen-bond donors (Lipinski definition) is 0. The van der Waals surface area contributed by atoms with Gasteiger partial charge in [-0.15, -0.1) is 0 Å². The molecule has 0 N–H and O–H groups in total. The molecule has 0 radical (unpaired) electrons. The second-order valence-corrected chi connectivity index (χ2v) is 14.0. The van der Waals surface area contributed by atoms with E-state index in [1.54, 1.807) is 0 Å². The summed E-state index contributed by atoms with van der Waals surface area (Å²) in [6, 6.07) is 0. The molecule has 4 atom stereocenters. The third kappa shape index (κ3) is 13.6. The van der Waals surface area contributed by atoms with Gasteiger partial charge in [-0.1, -0.05) is 52.4 Å². The highest BCUT2D eigenvalue weighted by Crippen LogP contribution is 2.06. The first-order valence-electron chi connectivity index (χ1n) is 8.57. The van der Waals surface area contributed by atoms with Crippen molar-refractivity contribution in [3.63, 3.8) is 0 Å². The van der Waals surface area contributed by atoms with Crippen molar-refractivity contribution >= 4 is 39.3 Å². The Kier molecular flexibility index (Phi) is 16.5. The smallest absolute Gasteiger partial charge is 0.111 e. The van der Waals surface area contributed by atoms with Crippen molar-refractivity contribution in [1.82, 2.24) is 0 Å². The van der Waals surface area contributed by atoms with E-state index in [9.17, 15) is 16.8 Å². The van der Waals surface area contributed by atoms with Gasteiger partial charge in [-0.3, -0.25) is 0 Å². The molecule has 0 fully saturated rings. The summed E-state index contributed by atoms with van der Waals surface area (Å²) in [5, 5.41) is 0. The average molecular weight is 405 g/mol. The van der Waals surface area contributed by atoms with Crippen LogP contribution in [0, 0.1) is 0 Å². The third-order valence-corrected chi connectivity index (χ3v) is 11.2. The van der Waals surface area contributed by atoms with Gasteiger partial charge < -0.3 is 0 Å². The zero-order valence-corrected chi connectivity index (χ0v) is 17.7. The van der Waals surface area contributed by atoms with Gasteiger partial charge in [-0.25, -0.2) is 16.8 Å². The monoisotopic (exact) mass is 404 g/mol. The Morgan fingerprint density at radius 2 is 0.739 bits per heavy atom. The second kappa shape index (κ2) is 16.1. The molecule has 0 aromatic rings. The summed E-state index contributed by atoms with van der Waals surface area (Å²) in [6.45, 7) is 4.23. The van der Waals surface area contributed by atoms with Gasteiger partial charge in [0.1, 0.15) is 39.3 Å². The topological polar surface area (TPSA) is 68.3 Å². The highest BCUT2D eigenvalue weighted by Gasteiger charge is 2.13. The van der Waals surface area contributed by atoms with E-state index in [1.165, 1.54) is 0 Å². The maximum Gasteiger partial charge on any atom is 0.111 e. The van der Waals surface area contributed by atoms with Crippen molar-refractivity contribution in [2.24, 2.45) is 0 Å². The molecule has 0 rings (SSSR count). The van der Waals surface area contributed by atoms with Crippen LogP contribution in [-0.2, 0) is 39.3 Å². The van der Waals surface area contributed by atoms with Crippen molar-refractivity contribution in [2.75, 3.05) is 23.0 Å². The molecule has 4 nitrogen and oxygen atoms in total. The zero-order chi connectivity index (χ0) is 17.5. The van der Waals surface area contributed by atoms with Crippen molar-refractivity contribution in [1.29, 1.82) is 0 Å². The second-order valence-electron chi connectivity index (χ2n) is 5.51. The molecule has 0 heterocycles. The van der Waals surface area contributed by atoms with E-state index in [0.29, 0.717) is 29.4 Å². The molecule has 140 valence electrons. The molecule has 0 bridgehead atoms. The minimum absolute atomic E-state index is 0.291. The average Bonchev–Trinajstić information content (AvgIpc) is 2.54. The van der Waals surface area contributed by atoms with Gasteiger partial charge in [0.15, 0.2) is 0 Å². The highest BCUT2D eigenvalue weighted by atomic mass is 33.1. The zero-order valence-electron chi connectivity index (χ0n) is 14.5. The van der Waals surface area contributed by atoms with Crippen LogP contribution >= 0.6 is 0 Å². The van der Waals surface area contributed by atoms with Crippen LogP contribution in [0.4, 0.5) is 0 Å². The van der Waals surface area contributed by atoms with Crippen LogP contribution in [-0.4, -0.2) is 39.8 Å².